The maximum Gasteiger partial charge on any atom is 0.0950 e. The van der Waals surface area contributed by atoms with Gasteiger partial charge in [0.05, 0.1) is 12.0 Å². The van der Waals surface area contributed by atoms with Crippen molar-refractivity contribution in [3.63, 3.8) is 0 Å². The van der Waals surface area contributed by atoms with Crippen LogP contribution in [0.1, 0.15) is 32.9 Å². The van der Waals surface area contributed by atoms with E-state index in [9.17, 15) is 0 Å². The molecule has 4 nitrogen and oxygen atoms in total. The monoisotopic (exact) mass is 250 g/mol. The van der Waals surface area contributed by atoms with Crippen LogP contribution in [0.5, 0.6) is 0 Å². The molecule has 0 bridgehead atoms. The topological polar surface area (TPSA) is 33.1 Å². The van der Waals surface area contributed by atoms with E-state index in [0.717, 1.165) is 24.7 Å². The molecule has 1 atom stereocenters. The Morgan fingerprint density at radius 2 is 2.22 bits per heavy atom. The second-order valence-electron chi connectivity index (χ2n) is 6.58. The van der Waals surface area contributed by atoms with Gasteiger partial charge in [-0.15, -0.1) is 0 Å². The Bertz CT molecular complexity index is 377. The first-order chi connectivity index (χ1) is 8.42. The number of imidazole rings is 1. The van der Waals surface area contributed by atoms with Crippen LogP contribution in [0.25, 0.3) is 0 Å². The molecule has 18 heavy (non-hydrogen) atoms. The molecule has 0 radical (unpaired) electrons. The van der Waals surface area contributed by atoms with Crippen molar-refractivity contribution in [2.24, 2.45) is 5.92 Å². The zero-order valence-electron chi connectivity index (χ0n) is 12.1. The molecular formula is C14H26N4. The zero-order chi connectivity index (χ0) is 13.2. The predicted molar refractivity (Wildman–Crippen MR) is 74.4 cm³/mol. The van der Waals surface area contributed by atoms with E-state index in [4.69, 9.17) is 0 Å². The molecule has 2 heterocycles. The molecule has 1 aliphatic heterocycles. The Morgan fingerprint density at radius 3 is 2.83 bits per heavy atom. The summed E-state index contributed by atoms with van der Waals surface area (Å²) in [6, 6.07) is 0. The highest BCUT2D eigenvalue weighted by molar-refractivity contribution is 4.97. The van der Waals surface area contributed by atoms with Gasteiger partial charge in [0.15, 0.2) is 0 Å². The van der Waals surface area contributed by atoms with E-state index >= 15 is 0 Å². The number of hydrogen-bond donors (Lipinski definition) is 1. The molecule has 0 spiro atoms. The fourth-order valence-electron chi connectivity index (χ4n) is 2.43. The van der Waals surface area contributed by atoms with Crippen molar-refractivity contribution >= 4 is 0 Å². The molecule has 1 aromatic heterocycles. The normalized spacial score (nSPS) is 21.7. The molecule has 1 saturated heterocycles. The molecule has 1 unspecified atom stereocenters. The number of aromatic nitrogens is 2. The lowest BCUT2D eigenvalue weighted by Gasteiger charge is -2.19. The molecule has 0 aromatic carbocycles. The van der Waals surface area contributed by atoms with Gasteiger partial charge in [-0.1, -0.05) is 0 Å². The van der Waals surface area contributed by atoms with Crippen LogP contribution in [0.4, 0.5) is 0 Å². The summed E-state index contributed by atoms with van der Waals surface area (Å²) in [5.41, 5.74) is 1.29. The van der Waals surface area contributed by atoms with Crippen molar-refractivity contribution in [2.75, 3.05) is 20.1 Å². The van der Waals surface area contributed by atoms with E-state index in [1.54, 1.807) is 0 Å². The standard InChI is InChI=1S/C14H26N4/c1-14(2,3)16-7-13-10-18(11-15-13)9-12-5-6-17(4)8-12/h10-12,16H,5-9H2,1-4H3. The van der Waals surface area contributed by atoms with E-state index in [-0.39, 0.29) is 5.54 Å². The highest BCUT2D eigenvalue weighted by Gasteiger charge is 2.19. The van der Waals surface area contributed by atoms with Crippen LogP contribution in [-0.2, 0) is 13.1 Å². The number of nitrogens with zero attached hydrogens (tertiary/aromatic N) is 3. The minimum absolute atomic E-state index is 0.151. The molecule has 1 fully saturated rings. The van der Waals surface area contributed by atoms with E-state index in [0.29, 0.717) is 0 Å². The first kappa shape index (κ1) is 13.6. The summed E-state index contributed by atoms with van der Waals surface area (Å²) >= 11 is 0. The summed E-state index contributed by atoms with van der Waals surface area (Å²) in [6.07, 6.45) is 5.46. The zero-order valence-corrected chi connectivity index (χ0v) is 12.1. The molecule has 1 aliphatic rings. The Kier molecular flexibility index (Phi) is 4.07. The van der Waals surface area contributed by atoms with Crippen molar-refractivity contribution in [1.29, 1.82) is 0 Å². The van der Waals surface area contributed by atoms with Crippen molar-refractivity contribution in [3.8, 4) is 0 Å². The van der Waals surface area contributed by atoms with Gasteiger partial charge >= 0.3 is 0 Å². The Balaban J connectivity index is 1.82. The van der Waals surface area contributed by atoms with Gasteiger partial charge in [0.1, 0.15) is 0 Å². The van der Waals surface area contributed by atoms with Crippen LogP contribution in [0.15, 0.2) is 12.5 Å². The molecule has 2 rings (SSSR count). The van der Waals surface area contributed by atoms with Gasteiger partial charge in [0.2, 0.25) is 0 Å². The molecule has 0 aliphatic carbocycles. The average molecular weight is 250 g/mol. The highest BCUT2D eigenvalue weighted by Crippen LogP contribution is 2.16. The maximum atomic E-state index is 4.47. The van der Waals surface area contributed by atoms with E-state index in [2.05, 4.69) is 53.8 Å². The lowest BCUT2D eigenvalue weighted by molar-refractivity contribution is 0.378. The lowest BCUT2D eigenvalue weighted by Crippen LogP contribution is -2.35. The van der Waals surface area contributed by atoms with Crippen molar-refractivity contribution in [2.45, 2.75) is 45.8 Å². The summed E-state index contributed by atoms with van der Waals surface area (Å²) in [7, 11) is 2.20. The van der Waals surface area contributed by atoms with Crippen LogP contribution in [-0.4, -0.2) is 40.1 Å². The van der Waals surface area contributed by atoms with Crippen LogP contribution in [0, 0.1) is 5.92 Å². The number of nitrogens with one attached hydrogen (secondary N) is 1. The second kappa shape index (κ2) is 5.41. The number of likely N-dealkylation sites (tertiary alicyclic amines) is 1. The van der Waals surface area contributed by atoms with E-state index in [1.807, 2.05) is 6.33 Å². The molecular weight excluding hydrogens is 224 g/mol. The Hall–Kier alpha value is -0.870. The fourth-order valence-corrected chi connectivity index (χ4v) is 2.43. The Morgan fingerprint density at radius 1 is 1.44 bits per heavy atom. The third-order valence-electron chi connectivity index (χ3n) is 3.44. The van der Waals surface area contributed by atoms with Gasteiger partial charge in [-0.2, -0.15) is 0 Å². The number of hydrogen-bond acceptors (Lipinski definition) is 3. The van der Waals surface area contributed by atoms with Crippen LogP contribution < -0.4 is 5.32 Å². The molecule has 1 N–H and O–H groups in total. The van der Waals surface area contributed by atoms with Gasteiger partial charge in [0, 0.05) is 31.4 Å². The minimum Gasteiger partial charge on any atom is -0.337 e. The summed E-state index contributed by atoms with van der Waals surface area (Å²) < 4.78 is 2.24. The Labute approximate surface area is 110 Å². The van der Waals surface area contributed by atoms with Crippen molar-refractivity contribution in [1.82, 2.24) is 19.8 Å². The smallest absolute Gasteiger partial charge is 0.0950 e. The van der Waals surface area contributed by atoms with Gasteiger partial charge < -0.3 is 14.8 Å². The van der Waals surface area contributed by atoms with Crippen LogP contribution in [0.2, 0.25) is 0 Å². The summed E-state index contributed by atoms with van der Waals surface area (Å²) in [5, 5.41) is 3.47. The predicted octanol–water partition coefficient (Wildman–Crippen LogP) is 1.72. The van der Waals surface area contributed by atoms with E-state index < -0.39 is 0 Å². The van der Waals surface area contributed by atoms with Crippen molar-refractivity contribution < 1.29 is 0 Å². The molecule has 0 amide bonds. The lowest BCUT2D eigenvalue weighted by atomic mass is 10.1. The third kappa shape index (κ3) is 4.10. The van der Waals surface area contributed by atoms with Crippen LogP contribution in [0.3, 0.4) is 0 Å². The van der Waals surface area contributed by atoms with Crippen molar-refractivity contribution in [3.05, 3.63) is 18.2 Å². The first-order valence-electron chi connectivity index (χ1n) is 6.86. The highest BCUT2D eigenvalue weighted by atomic mass is 15.1. The molecule has 4 heteroatoms. The molecule has 1 aromatic rings. The second-order valence-corrected chi connectivity index (χ2v) is 6.58. The van der Waals surface area contributed by atoms with Gasteiger partial charge in [-0.25, -0.2) is 4.98 Å². The number of rotatable bonds is 4. The largest absolute Gasteiger partial charge is 0.337 e. The summed E-state index contributed by atoms with van der Waals surface area (Å²) in [6.45, 7) is 10.9. The van der Waals surface area contributed by atoms with Gasteiger partial charge in [-0.05, 0) is 46.7 Å². The summed E-state index contributed by atoms with van der Waals surface area (Å²) in [5.74, 6) is 0.785. The minimum atomic E-state index is 0.151. The fraction of sp³-hybridized carbons (Fsp3) is 0.786. The van der Waals surface area contributed by atoms with Gasteiger partial charge in [-0.3, -0.25) is 0 Å². The maximum absolute atomic E-state index is 4.47. The average Bonchev–Trinajstić information content (AvgIpc) is 2.85. The van der Waals surface area contributed by atoms with Crippen LogP contribution >= 0.6 is 0 Å². The molecule has 102 valence electrons. The third-order valence-corrected chi connectivity index (χ3v) is 3.44. The van der Waals surface area contributed by atoms with E-state index in [1.165, 1.54) is 19.5 Å². The quantitative estimate of drug-likeness (QED) is 0.883. The SMILES string of the molecule is CN1CCC(Cn2cnc(CNC(C)(C)C)c2)C1. The van der Waals surface area contributed by atoms with Gasteiger partial charge in [0.25, 0.3) is 0 Å². The molecule has 0 saturated carbocycles. The first-order valence-corrected chi connectivity index (χ1v) is 6.86. The summed E-state index contributed by atoms with van der Waals surface area (Å²) in [4.78, 5) is 6.87.